The van der Waals surface area contributed by atoms with E-state index in [-0.39, 0.29) is 11.6 Å². The van der Waals surface area contributed by atoms with Crippen molar-refractivity contribution in [3.8, 4) is 0 Å². The number of aryl methyl sites for hydroxylation is 1. The third-order valence-electron chi connectivity index (χ3n) is 2.18. The van der Waals surface area contributed by atoms with E-state index < -0.39 is 0 Å². The zero-order chi connectivity index (χ0) is 12.1. The van der Waals surface area contributed by atoms with E-state index in [1.807, 2.05) is 13.8 Å². The molecule has 0 spiro atoms. The lowest BCUT2D eigenvalue weighted by molar-refractivity contribution is 0.565. The zero-order valence-electron chi connectivity index (χ0n) is 9.53. The van der Waals surface area contributed by atoms with E-state index >= 15 is 0 Å². The Balaban J connectivity index is 2.98. The zero-order valence-corrected chi connectivity index (χ0v) is 11.1. The second-order valence-electron chi connectivity index (χ2n) is 3.68. The van der Waals surface area contributed by atoms with Crippen LogP contribution in [0, 0.1) is 0 Å². The Bertz CT molecular complexity index is 404. The van der Waals surface area contributed by atoms with Gasteiger partial charge in [0, 0.05) is 19.1 Å². The Kier molecular flexibility index (Phi) is 4.95. The van der Waals surface area contributed by atoms with E-state index in [1.54, 1.807) is 6.20 Å². The van der Waals surface area contributed by atoms with Gasteiger partial charge < -0.3 is 11.1 Å². The first-order valence-electron chi connectivity index (χ1n) is 5.32. The van der Waals surface area contributed by atoms with Gasteiger partial charge in [0.25, 0.3) is 5.56 Å². The minimum atomic E-state index is -0.115. The maximum atomic E-state index is 11.8. The van der Waals surface area contributed by atoms with E-state index in [4.69, 9.17) is 5.73 Å². The molecule has 1 atom stereocenters. The van der Waals surface area contributed by atoms with E-state index in [9.17, 15) is 4.79 Å². The number of nitrogens with zero attached hydrogens (tertiary/aromatic N) is 2. The van der Waals surface area contributed by atoms with Crippen LogP contribution >= 0.6 is 15.9 Å². The van der Waals surface area contributed by atoms with Gasteiger partial charge in [0.2, 0.25) is 0 Å². The molecule has 5 nitrogen and oxygen atoms in total. The molecule has 1 heterocycles. The average Bonchev–Trinajstić information content (AvgIpc) is 2.28. The fourth-order valence-electron chi connectivity index (χ4n) is 1.26. The monoisotopic (exact) mass is 288 g/mol. The van der Waals surface area contributed by atoms with Gasteiger partial charge in [-0.25, -0.2) is 4.68 Å². The summed E-state index contributed by atoms with van der Waals surface area (Å²) in [6.07, 6.45) is 2.53. The molecule has 6 heteroatoms. The summed E-state index contributed by atoms with van der Waals surface area (Å²) in [5.41, 5.74) is 6.08. The van der Waals surface area contributed by atoms with Gasteiger partial charge in [-0.3, -0.25) is 4.79 Å². The summed E-state index contributed by atoms with van der Waals surface area (Å²) in [6, 6.07) is 0.111. The Hall–Kier alpha value is -0.880. The average molecular weight is 289 g/mol. The minimum Gasteiger partial charge on any atom is -0.379 e. The molecule has 1 aromatic rings. The molecule has 1 rings (SSSR count). The van der Waals surface area contributed by atoms with Gasteiger partial charge in [-0.05, 0) is 29.3 Å². The van der Waals surface area contributed by atoms with Crippen LogP contribution in [0.2, 0.25) is 0 Å². The van der Waals surface area contributed by atoms with E-state index in [0.717, 1.165) is 6.42 Å². The van der Waals surface area contributed by atoms with E-state index in [2.05, 4.69) is 26.3 Å². The SMILES string of the molecule is CCCn1ncc(NC(C)CN)c(Br)c1=O. The van der Waals surface area contributed by atoms with Crippen molar-refractivity contribution in [3.63, 3.8) is 0 Å². The number of nitrogens with two attached hydrogens (primary N) is 1. The topological polar surface area (TPSA) is 72.9 Å². The van der Waals surface area contributed by atoms with Crippen molar-refractivity contribution in [1.82, 2.24) is 9.78 Å². The molecule has 16 heavy (non-hydrogen) atoms. The highest BCUT2D eigenvalue weighted by atomic mass is 79.9. The van der Waals surface area contributed by atoms with Crippen LogP contribution in [0.1, 0.15) is 20.3 Å². The number of anilines is 1. The normalized spacial score (nSPS) is 12.5. The summed E-state index contributed by atoms with van der Waals surface area (Å²) in [5, 5.41) is 7.21. The fourth-order valence-corrected chi connectivity index (χ4v) is 1.68. The maximum absolute atomic E-state index is 11.8. The second kappa shape index (κ2) is 6.00. The van der Waals surface area contributed by atoms with Gasteiger partial charge in [0.1, 0.15) is 4.47 Å². The first-order chi connectivity index (χ1) is 7.60. The van der Waals surface area contributed by atoms with Crippen LogP contribution in [0.15, 0.2) is 15.5 Å². The molecule has 3 N–H and O–H groups in total. The molecule has 0 bridgehead atoms. The molecule has 0 aliphatic heterocycles. The van der Waals surface area contributed by atoms with Crippen molar-refractivity contribution in [1.29, 1.82) is 0 Å². The summed E-state index contributed by atoms with van der Waals surface area (Å²) in [7, 11) is 0. The number of halogens is 1. The highest BCUT2D eigenvalue weighted by Crippen LogP contribution is 2.16. The summed E-state index contributed by atoms with van der Waals surface area (Å²) >= 11 is 3.28. The van der Waals surface area contributed by atoms with Gasteiger partial charge in [0.05, 0.1) is 11.9 Å². The van der Waals surface area contributed by atoms with Crippen molar-refractivity contribution in [2.75, 3.05) is 11.9 Å². The third kappa shape index (κ3) is 3.05. The predicted octanol–water partition coefficient (Wildman–Crippen LogP) is 1.17. The summed E-state index contributed by atoms with van der Waals surface area (Å²) in [5.74, 6) is 0. The molecule has 0 saturated heterocycles. The molecule has 90 valence electrons. The molecule has 1 aromatic heterocycles. The molecule has 0 aliphatic carbocycles. The summed E-state index contributed by atoms with van der Waals surface area (Å²) in [6.45, 7) is 5.09. The van der Waals surface area contributed by atoms with Crippen molar-refractivity contribution in [2.45, 2.75) is 32.9 Å². The van der Waals surface area contributed by atoms with Crippen molar-refractivity contribution in [3.05, 3.63) is 21.0 Å². The molecular weight excluding hydrogens is 272 g/mol. The molecule has 0 fully saturated rings. The second-order valence-corrected chi connectivity index (χ2v) is 4.47. The molecule has 0 aliphatic rings. The number of rotatable bonds is 5. The number of hydrogen-bond acceptors (Lipinski definition) is 4. The number of nitrogens with one attached hydrogen (secondary N) is 1. The van der Waals surface area contributed by atoms with Gasteiger partial charge in [-0.2, -0.15) is 5.10 Å². The lowest BCUT2D eigenvalue weighted by atomic mass is 10.3. The van der Waals surface area contributed by atoms with Gasteiger partial charge in [0.15, 0.2) is 0 Å². The van der Waals surface area contributed by atoms with Crippen LogP contribution < -0.4 is 16.6 Å². The quantitative estimate of drug-likeness (QED) is 0.853. The van der Waals surface area contributed by atoms with Crippen LogP contribution in [0.4, 0.5) is 5.69 Å². The van der Waals surface area contributed by atoms with Crippen molar-refractivity contribution < 1.29 is 0 Å². The van der Waals surface area contributed by atoms with Crippen LogP contribution in [0.3, 0.4) is 0 Å². The lowest BCUT2D eigenvalue weighted by Gasteiger charge is -2.14. The van der Waals surface area contributed by atoms with Crippen LogP contribution in [-0.4, -0.2) is 22.4 Å². The maximum Gasteiger partial charge on any atom is 0.283 e. The third-order valence-corrected chi connectivity index (χ3v) is 2.94. The molecule has 0 saturated carbocycles. The Morgan fingerprint density at radius 2 is 2.38 bits per heavy atom. The van der Waals surface area contributed by atoms with E-state index in [0.29, 0.717) is 23.2 Å². The van der Waals surface area contributed by atoms with Crippen molar-refractivity contribution in [2.24, 2.45) is 5.73 Å². The Morgan fingerprint density at radius 3 is 2.94 bits per heavy atom. The Labute approximate surface area is 103 Å². The predicted molar refractivity (Wildman–Crippen MR) is 68.6 cm³/mol. The number of aromatic nitrogens is 2. The largest absolute Gasteiger partial charge is 0.379 e. The van der Waals surface area contributed by atoms with Crippen LogP contribution in [0.5, 0.6) is 0 Å². The molecule has 0 radical (unpaired) electrons. The Morgan fingerprint density at radius 1 is 1.69 bits per heavy atom. The molecule has 0 aromatic carbocycles. The first kappa shape index (κ1) is 13.2. The number of hydrogen-bond donors (Lipinski definition) is 2. The molecular formula is C10H17BrN4O. The highest BCUT2D eigenvalue weighted by molar-refractivity contribution is 9.10. The smallest absolute Gasteiger partial charge is 0.283 e. The van der Waals surface area contributed by atoms with Crippen LogP contribution in [-0.2, 0) is 6.54 Å². The summed E-state index contributed by atoms with van der Waals surface area (Å²) in [4.78, 5) is 11.8. The van der Waals surface area contributed by atoms with Gasteiger partial charge in [-0.15, -0.1) is 0 Å². The standard InChI is InChI=1S/C10H17BrN4O/c1-3-4-15-10(16)9(11)8(6-13-15)14-7(2)5-12/h6-7,14H,3-5,12H2,1-2H3. The van der Waals surface area contributed by atoms with Crippen molar-refractivity contribution >= 4 is 21.6 Å². The van der Waals surface area contributed by atoms with E-state index in [1.165, 1.54) is 4.68 Å². The van der Waals surface area contributed by atoms with Crippen LogP contribution in [0.25, 0.3) is 0 Å². The molecule has 0 amide bonds. The molecule has 1 unspecified atom stereocenters. The summed E-state index contributed by atoms with van der Waals surface area (Å²) < 4.78 is 1.96. The fraction of sp³-hybridized carbons (Fsp3) is 0.600. The highest BCUT2D eigenvalue weighted by Gasteiger charge is 2.09. The first-order valence-corrected chi connectivity index (χ1v) is 6.11. The minimum absolute atomic E-state index is 0.111. The van der Waals surface area contributed by atoms with Gasteiger partial charge >= 0.3 is 0 Å². The van der Waals surface area contributed by atoms with Gasteiger partial charge in [-0.1, -0.05) is 6.92 Å². The lowest BCUT2D eigenvalue weighted by Crippen LogP contribution is -2.29.